The van der Waals surface area contributed by atoms with Crippen molar-refractivity contribution in [1.82, 2.24) is 10.3 Å². The number of carbonyl (C=O) groups excluding carboxylic acids is 2. The van der Waals surface area contributed by atoms with Crippen LogP contribution in [-0.4, -0.2) is 28.5 Å². The van der Waals surface area contributed by atoms with Gasteiger partial charge in [-0.1, -0.05) is 17.4 Å². The first-order chi connectivity index (χ1) is 12.2. The van der Waals surface area contributed by atoms with Crippen LogP contribution in [0, 0.1) is 12.8 Å². The maximum absolute atomic E-state index is 13.0. The highest BCUT2D eigenvalue weighted by molar-refractivity contribution is 7.17. The molecule has 0 aromatic carbocycles. The number of aryl methyl sites for hydroxylation is 1. The van der Waals surface area contributed by atoms with E-state index in [1.54, 1.807) is 27.7 Å². The smallest absolute Gasteiger partial charge is 0.413 e. The summed E-state index contributed by atoms with van der Waals surface area (Å²) in [5.41, 5.74) is 1.30. The van der Waals surface area contributed by atoms with Gasteiger partial charge in [0.25, 0.3) is 0 Å². The van der Waals surface area contributed by atoms with Crippen molar-refractivity contribution < 1.29 is 14.3 Å². The number of Topliss-reactive ketones (excluding diaryl/α,β-unsaturated/α-hetero) is 1. The Morgan fingerprint density at radius 2 is 2.08 bits per heavy atom. The number of thiazole rings is 1. The molecule has 0 bridgehead atoms. The monoisotopic (exact) mass is 377 g/mol. The molecule has 2 N–H and O–H groups in total. The number of ketones is 1. The maximum atomic E-state index is 13.0. The molecule has 7 heteroatoms. The van der Waals surface area contributed by atoms with Crippen molar-refractivity contribution in [2.45, 2.75) is 71.4 Å². The Bertz CT molecular complexity index is 733. The summed E-state index contributed by atoms with van der Waals surface area (Å²) < 4.78 is 5.24. The fourth-order valence-corrected chi connectivity index (χ4v) is 4.43. The molecule has 1 aromatic rings. The second kappa shape index (κ2) is 7.39. The number of amides is 1. The largest absolute Gasteiger partial charge is 0.444 e. The predicted molar refractivity (Wildman–Crippen MR) is 103 cm³/mol. The molecule has 1 saturated heterocycles. The van der Waals surface area contributed by atoms with E-state index in [1.807, 2.05) is 0 Å². The Morgan fingerprint density at radius 3 is 2.81 bits per heavy atom. The number of hydrogen-bond acceptors (Lipinski definition) is 6. The molecule has 2 unspecified atom stereocenters. The second-order valence-electron chi connectivity index (χ2n) is 7.99. The molecule has 0 saturated carbocycles. The molecule has 2 heterocycles. The molecule has 2 aliphatic rings. The van der Waals surface area contributed by atoms with Crippen LogP contribution >= 0.6 is 11.3 Å². The summed E-state index contributed by atoms with van der Waals surface area (Å²) in [6.07, 6.45) is 7.11. The Hall–Kier alpha value is -1.89. The third-order valence-corrected chi connectivity index (χ3v) is 5.74. The number of rotatable bonds is 3. The number of fused-ring (bicyclic) bond motifs is 1. The number of carbonyl (C=O) groups is 2. The van der Waals surface area contributed by atoms with Gasteiger partial charge in [0.15, 0.2) is 10.9 Å². The van der Waals surface area contributed by atoms with Gasteiger partial charge in [0, 0.05) is 5.70 Å². The van der Waals surface area contributed by atoms with Crippen molar-refractivity contribution >= 4 is 28.3 Å². The standard InChI is InChI=1S/C19H27N3O3S/c1-11-16(26-17(20-11)22-18(24)25-19(2,3)4)15(23)14-10-9-12-7-5-6-8-13(12)21-14/h8,12,14,21H,5-7,9-10H2,1-4H3,(H,20,22,24). The highest BCUT2D eigenvalue weighted by Gasteiger charge is 2.32. The van der Waals surface area contributed by atoms with Crippen molar-refractivity contribution in [3.63, 3.8) is 0 Å². The zero-order chi connectivity index (χ0) is 18.9. The van der Waals surface area contributed by atoms with E-state index in [4.69, 9.17) is 4.74 Å². The lowest BCUT2D eigenvalue weighted by Gasteiger charge is -2.34. The third kappa shape index (κ3) is 4.44. The van der Waals surface area contributed by atoms with Crippen LogP contribution in [0.3, 0.4) is 0 Å². The Morgan fingerprint density at radius 1 is 1.31 bits per heavy atom. The number of anilines is 1. The number of aromatic nitrogens is 1. The molecule has 1 fully saturated rings. The van der Waals surface area contributed by atoms with Gasteiger partial charge in [-0.2, -0.15) is 0 Å². The van der Waals surface area contributed by atoms with Gasteiger partial charge in [-0.05, 0) is 65.7 Å². The molecule has 2 atom stereocenters. The molecule has 26 heavy (non-hydrogen) atoms. The maximum Gasteiger partial charge on any atom is 0.413 e. The Kier molecular flexibility index (Phi) is 5.37. The van der Waals surface area contributed by atoms with Crippen LogP contribution in [0.2, 0.25) is 0 Å². The molecule has 6 nitrogen and oxygen atoms in total. The van der Waals surface area contributed by atoms with E-state index < -0.39 is 11.7 Å². The van der Waals surface area contributed by atoms with Crippen LogP contribution in [0.25, 0.3) is 0 Å². The number of allylic oxidation sites excluding steroid dienone is 2. The summed E-state index contributed by atoms with van der Waals surface area (Å²) in [6, 6.07) is -0.205. The lowest BCUT2D eigenvalue weighted by atomic mass is 9.83. The van der Waals surface area contributed by atoms with E-state index in [-0.39, 0.29) is 11.8 Å². The Labute approximate surface area is 158 Å². The lowest BCUT2D eigenvalue weighted by Crippen LogP contribution is -2.43. The minimum absolute atomic E-state index is 0.0576. The van der Waals surface area contributed by atoms with Gasteiger partial charge >= 0.3 is 6.09 Å². The van der Waals surface area contributed by atoms with Gasteiger partial charge in [-0.3, -0.25) is 10.1 Å². The molecule has 1 amide bonds. The molecule has 1 aliphatic carbocycles. The average Bonchev–Trinajstić information content (AvgIpc) is 2.92. The van der Waals surface area contributed by atoms with Gasteiger partial charge in [-0.25, -0.2) is 9.78 Å². The first-order valence-corrected chi connectivity index (χ1v) is 10.0. The van der Waals surface area contributed by atoms with Crippen LogP contribution in [0.5, 0.6) is 0 Å². The summed E-state index contributed by atoms with van der Waals surface area (Å²) in [4.78, 5) is 29.8. The highest BCUT2D eigenvalue weighted by Crippen LogP contribution is 2.33. The first kappa shape index (κ1) is 18.9. The zero-order valence-electron chi connectivity index (χ0n) is 15.8. The highest BCUT2D eigenvalue weighted by atomic mass is 32.1. The third-order valence-electron chi connectivity index (χ3n) is 4.65. The number of ether oxygens (including phenoxy) is 1. The van der Waals surface area contributed by atoms with Gasteiger partial charge < -0.3 is 10.1 Å². The quantitative estimate of drug-likeness (QED) is 0.762. The van der Waals surface area contributed by atoms with Crippen LogP contribution in [0.1, 0.15) is 68.2 Å². The second-order valence-corrected chi connectivity index (χ2v) is 8.99. The van der Waals surface area contributed by atoms with E-state index in [0.29, 0.717) is 21.6 Å². The van der Waals surface area contributed by atoms with Crippen molar-refractivity contribution in [3.8, 4) is 0 Å². The summed E-state index contributed by atoms with van der Waals surface area (Å²) >= 11 is 1.21. The van der Waals surface area contributed by atoms with Gasteiger partial charge in [0.2, 0.25) is 0 Å². The summed E-state index contributed by atoms with van der Waals surface area (Å²) in [5.74, 6) is 0.641. The van der Waals surface area contributed by atoms with Crippen molar-refractivity contribution in [2.24, 2.45) is 5.92 Å². The van der Waals surface area contributed by atoms with E-state index in [1.165, 1.54) is 29.9 Å². The van der Waals surface area contributed by atoms with E-state index in [9.17, 15) is 9.59 Å². The van der Waals surface area contributed by atoms with Crippen LogP contribution in [-0.2, 0) is 4.74 Å². The fourth-order valence-electron chi connectivity index (χ4n) is 3.49. The predicted octanol–water partition coefficient (Wildman–Crippen LogP) is 4.42. The van der Waals surface area contributed by atoms with Gasteiger partial charge in [-0.15, -0.1) is 0 Å². The average molecular weight is 378 g/mol. The topological polar surface area (TPSA) is 80.3 Å². The van der Waals surface area contributed by atoms with Crippen LogP contribution in [0.4, 0.5) is 9.93 Å². The van der Waals surface area contributed by atoms with Gasteiger partial charge in [0.05, 0.1) is 16.6 Å². The molecule has 1 aliphatic heterocycles. The number of hydrogen-bond donors (Lipinski definition) is 2. The molecule has 0 spiro atoms. The summed E-state index contributed by atoms with van der Waals surface area (Å²) in [6.45, 7) is 7.21. The van der Waals surface area contributed by atoms with Crippen LogP contribution in [0.15, 0.2) is 11.8 Å². The zero-order valence-corrected chi connectivity index (χ0v) is 16.7. The summed E-state index contributed by atoms with van der Waals surface area (Å²) in [5, 5.41) is 6.46. The van der Waals surface area contributed by atoms with E-state index in [0.717, 1.165) is 19.3 Å². The number of nitrogens with one attached hydrogen (secondary N) is 2. The molecule has 142 valence electrons. The van der Waals surface area contributed by atoms with Crippen molar-refractivity contribution in [3.05, 3.63) is 22.3 Å². The van der Waals surface area contributed by atoms with Crippen molar-refractivity contribution in [1.29, 1.82) is 0 Å². The lowest BCUT2D eigenvalue weighted by molar-refractivity contribution is 0.0635. The molecule has 1 aromatic heterocycles. The minimum atomic E-state index is -0.578. The fraction of sp³-hybridized carbons (Fsp3) is 0.632. The molecular weight excluding hydrogens is 350 g/mol. The molecule has 0 radical (unpaired) electrons. The molecule has 3 rings (SSSR count). The first-order valence-electron chi connectivity index (χ1n) is 9.21. The Balaban J connectivity index is 1.67. The SMILES string of the molecule is Cc1nc(NC(=O)OC(C)(C)C)sc1C(=O)C1CCC2CCCC=C2N1. The van der Waals surface area contributed by atoms with Gasteiger partial charge in [0.1, 0.15) is 5.60 Å². The molecular formula is C19H27N3O3S. The summed E-state index contributed by atoms with van der Waals surface area (Å²) in [7, 11) is 0. The van der Waals surface area contributed by atoms with Crippen molar-refractivity contribution in [2.75, 3.05) is 5.32 Å². The normalized spacial score (nSPS) is 22.7. The van der Waals surface area contributed by atoms with E-state index >= 15 is 0 Å². The van der Waals surface area contributed by atoms with E-state index in [2.05, 4.69) is 21.7 Å². The minimum Gasteiger partial charge on any atom is -0.444 e. The number of nitrogens with zero attached hydrogens (tertiary/aromatic N) is 1. The van der Waals surface area contributed by atoms with Crippen LogP contribution < -0.4 is 10.6 Å². The number of piperidine rings is 1.